The van der Waals surface area contributed by atoms with Gasteiger partial charge in [-0.2, -0.15) is 0 Å². The molecular formula is C36H58O9. The van der Waals surface area contributed by atoms with E-state index in [9.17, 15) is 35.4 Å². The predicted octanol–water partition coefficient (Wildman–Crippen LogP) is 3.28. The summed E-state index contributed by atoms with van der Waals surface area (Å²) in [5, 5.41) is 63.6. The van der Waals surface area contributed by atoms with E-state index in [0.29, 0.717) is 25.2 Å². The summed E-state index contributed by atoms with van der Waals surface area (Å²) in [5.74, 6) is 0.285. The zero-order chi connectivity index (χ0) is 33.3. The van der Waals surface area contributed by atoms with Gasteiger partial charge in [0.05, 0.1) is 24.9 Å². The van der Waals surface area contributed by atoms with E-state index >= 15 is 0 Å². The molecule has 0 bridgehead atoms. The maximum Gasteiger partial charge on any atom is 0.187 e. The summed E-state index contributed by atoms with van der Waals surface area (Å²) >= 11 is 0. The summed E-state index contributed by atoms with van der Waals surface area (Å²) in [6.45, 7) is 14.4. The first-order valence-electron chi connectivity index (χ1n) is 17.1. The molecule has 3 saturated carbocycles. The molecule has 1 heterocycles. The molecule has 9 nitrogen and oxygen atoms in total. The van der Waals surface area contributed by atoms with E-state index in [2.05, 4.69) is 20.8 Å². The molecule has 5 aliphatic rings. The Morgan fingerprint density at radius 3 is 2.29 bits per heavy atom. The highest BCUT2D eigenvalue weighted by molar-refractivity contribution is 5.65. The lowest BCUT2D eigenvalue weighted by atomic mass is 9.38. The van der Waals surface area contributed by atoms with E-state index in [0.717, 1.165) is 36.8 Å². The number of allylic oxidation sites excluding steroid dienone is 1. The fourth-order valence-electron chi connectivity index (χ4n) is 11.0. The maximum absolute atomic E-state index is 13.3. The normalized spacial score (nSPS) is 48.7. The summed E-state index contributed by atoms with van der Waals surface area (Å²) < 4.78 is 12.0. The van der Waals surface area contributed by atoms with Crippen molar-refractivity contribution in [2.45, 2.75) is 142 Å². The van der Waals surface area contributed by atoms with Crippen LogP contribution in [0.3, 0.4) is 0 Å². The standard InChI is InChI=1S/C36H58O9/c1-19(2)14-21(44-32-30(43)29(42)28(41)26(17-37)45-32)15-20(3)22-10-11-35(7)31-25(39)16-24-23(8-9-27(40)33(24,4)5)36(31,18-38)13-12-34(22,35)6/h14,16,18,20-23,25-32,37,39-43H,8-13,15,17H2,1-7H3/t20-,21+,22-,23+,25+,26-,27+,28-,29+,30-,31+,32-,34-,35+,36-/m1/s1. The topological polar surface area (TPSA) is 157 Å². The molecule has 1 saturated heterocycles. The zero-order valence-electron chi connectivity index (χ0n) is 28.2. The molecule has 0 spiro atoms. The van der Waals surface area contributed by atoms with E-state index in [1.54, 1.807) is 0 Å². The van der Waals surface area contributed by atoms with E-state index in [4.69, 9.17) is 9.47 Å². The molecule has 0 radical (unpaired) electrons. The number of hydrogen-bond donors (Lipinski definition) is 6. The van der Waals surface area contributed by atoms with Gasteiger partial charge in [-0.1, -0.05) is 57.9 Å². The van der Waals surface area contributed by atoms with Crippen LogP contribution in [0.25, 0.3) is 0 Å². The van der Waals surface area contributed by atoms with Gasteiger partial charge in [0, 0.05) is 16.7 Å². The van der Waals surface area contributed by atoms with Crippen molar-refractivity contribution in [3.05, 3.63) is 23.3 Å². The number of hydrogen-bond acceptors (Lipinski definition) is 9. The maximum atomic E-state index is 13.3. The molecule has 0 aromatic heterocycles. The number of fused-ring (bicyclic) bond motifs is 5. The van der Waals surface area contributed by atoms with Crippen molar-refractivity contribution in [2.75, 3.05) is 6.61 Å². The third-order valence-electron chi connectivity index (χ3n) is 13.6. The molecule has 5 rings (SSSR count). The first-order chi connectivity index (χ1) is 21.0. The van der Waals surface area contributed by atoms with Crippen LogP contribution in [0.4, 0.5) is 0 Å². The minimum atomic E-state index is -1.50. The first-order valence-corrected chi connectivity index (χ1v) is 17.1. The molecule has 6 N–H and O–H groups in total. The van der Waals surface area contributed by atoms with Crippen LogP contribution in [0.2, 0.25) is 0 Å². The number of carbonyl (C=O) groups is 1. The highest BCUT2D eigenvalue weighted by atomic mass is 16.7. The second-order valence-corrected chi connectivity index (χ2v) is 16.5. The summed E-state index contributed by atoms with van der Waals surface area (Å²) in [7, 11) is 0. The molecule has 1 aliphatic heterocycles. The van der Waals surface area contributed by atoms with Crippen molar-refractivity contribution in [3.63, 3.8) is 0 Å². The van der Waals surface area contributed by atoms with E-state index in [1.165, 1.54) is 6.29 Å². The van der Waals surface area contributed by atoms with Gasteiger partial charge < -0.3 is 44.9 Å². The highest BCUT2D eigenvalue weighted by Crippen LogP contribution is 2.74. The average molecular weight is 635 g/mol. The van der Waals surface area contributed by atoms with Crippen LogP contribution in [-0.2, 0) is 14.3 Å². The van der Waals surface area contributed by atoms with Crippen molar-refractivity contribution in [2.24, 2.45) is 45.3 Å². The summed E-state index contributed by atoms with van der Waals surface area (Å²) in [5.41, 5.74) is 0.502. The van der Waals surface area contributed by atoms with Gasteiger partial charge in [-0.15, -0.1) is 0 Å². The van der Waals surface area contributed by atoms with Crippen LogP contribution in [0.15, 0.2) is 23.3 Å². The zero-order valence-corrected chi connectivity index (χ0v) is 28.2. The Labute approximate surface area is 268 Å². The van der Waals surface area contributed by atoms with Crippen LogP contribution >= 0.6 is 0 Å². The molecule has 256 valence electrons. The Morgan fingerprint density at radius 2 is 1.67 bits per heavy atom. The molecule has 15 atom stereocenters. The molecular weight excluding hydrogens is 576 g/mol. The second-order valence-electron chi connectivity index (χ2n) is 16.5. The lowest BCUT2D eigenvalue weighted by molar-refractivity contribution is -0.308. The molecule has 9 heteroatoms. The number of aliphatic hydroxyl groups excluding tert-OH is 6. The first kappa shape index (κ1) is 35.1. The fourth-order valence-corrected chi connectivity index (χ4v) is 11.0. The lowest BCUT2D eigenvalue weighted by Crippen LogP contribution is -2.64. The summed E-state index contributed by atoms with van der Waals surface area (Å²) in [6.07, 6.45) is 2.26. The smallest absolute Gasteiger partial charge is 0.187 e. The SMILES string of the molecule is CC(C)=C[C@@H](C[C@@H](C)[C@H]1CC[C@@]2(C)[C@@H]3[C@@H](O)C=C4[C@H](CC[C@H](O)C4(C)C)[C@]3(C=O)CC[C@]12C)O[C@@H]1O[C@H](CO)[C@@H](O)[C@H](O)[C@H]1O. The number of ether oxygens (including phenoxy) is 2. The van der Waals surface area contributed by atoms with E-state index in [-0.39, 0.29) is 28.6 Å². The Bertz CT molecular complexity index is 1160. The number of carbonyl (C=O) groups excluding carboxylic acids is 1. The van der Waals surface area contributed by atoms with Crippen molar-refractivity contribution in [1.29, 1.82) is 0 Å². The van der Waals surface area contributed by atoms with Gasteiger partial charge in [-0.05, 0) is 87.4 Å². The van der Waals surface area contributed by atoms with Crippen LogP contribution in [-0.4, -0.2) is 92.5 Å². The Kier molecular flexibility index (Phi) is 9.66. The predicted molar refractivity (Wildman–Crippen MR) is 169 cm³/mol. The fraction of sp³-hybridized carbons (Fsp3) is 0.861. The number of rotatable bonds is 8. The third kappa shape index (κ3) is 5.41. The van der Waals surface area contributed by atoms with Gasteiger partial charge in [-0.3, -0.25) is 0 Å². The summed E-state index contributed by atoms with van der Waals surface area (Å²) in [6, 6.07) is 0. The Hall–Kier alpha value is -1.17. The number of aliphatic hydroxyl groups is 6. The van der Waals surface area contributed by atoms with Crippen molar-refractivity contribution in [3.8, 4) is 0 Å². The van der Waals surface area contributed by atoms with Gasteiger partial charge in [0.2, 0.25) is 0 Å². The van der Waals surface area contributed by atoms with Gasteiger partial charge >= 0.3 is 0 Å². The Balaban J connectivity index is 1.41. The quantitative estimate of drug-likeness (QED) is 0.174. The van der Waals surface area contributed by atoms with Crippen LogP contribution in [0.5, 0.6) is 0 Å². The monoisotopic (exact) mass is 634 g/mol. The lowest BCUT2D eigenvalue weighted by Gasteiger charge is -2.66. The third-order valence-corrected chi connectivity index (χ3v) is 13.6. The van der Waals surface area contributed by atoms with Gasteiger partial charge in [0.1, 0.15) is 30.7 Å². The van der Waals surface area contributed by atoms with Gasteiger partial charge in [-0.25, -0.2) is 0 Å². The van der Waals surface area contributed by atoms with Crippen LogP contribution in [0.1, 0.15) is 93.4 Å². The number of aldehydes is 1. The van der Waals surface area contributed by atoms with Gasteiger partial charge in [0.25, 0.3) is 0 Å². The minimum Gasteiger partial charge on any atom is -0.394 e. The highest BCUT2D eigenvalue weighted by Gasteiger charge is 2.70. The van der Waals surface area contributed by atoms with Crippen molar-refractivity contribution >= 4 is 6.29 Å². The minimum absolute atomic E-state index is 0.0219. The van der Waals surface area contributed by atoms with Crippen molar-refractivity contribution < 1.29 is 44.9 Å². The van der Waals surface area contributed by atoms with Crippen LogP contribution < -0.4 is 0 Å². The van der Waals surface area contributed by atoms with Crippen LogP contribution in [0, 0.1) is 45.3 Å². The summed E-state index contributed by atoms with van der Waals surface area (Å²) in [4.78, 5) is 13.3. The van der Waals surface area contributed by atoms with Gasteiger partial charge in [0.15, 0.2) is 6.29 Å². The Morgan fingerprint density at radius 1 is 0.978 bits per heavy atom. The molecule has 0 unspecified atom stereocenters. The average Bonchev–Trinajstić information content (AvgIpc) is 3.25. The molecule has 0 amide bonds. The van der Waals surface area contributed by atoms with E-state index in [1.807, 2.05) is 39.8 Å². The molecule has 4 aliphatic carbocycles. The molecule has 4 fully saturated rings. The van der Waals surface area contributed by atoms with E-state index < -0.39 is 66.5 Å². The largest absolute Gasteiger partial charge is 0.394 e. The molecule has 0 aromatic rings. The molecule has 0 aromatic carbocycles. The van der Waals surface area contributed by atoms with Crippen molar-refractivity contribution in [1.82, 2.24) is 0 Å². The second kappa shape index (κ2) is 12.4. The molecule has 45 heavy (non-hydrogen) atoms.